The zero-order valence-electron chi connectivity index (χ0n) is 12.8. The van der Waals surface area contributed by atoms with Crippen molar-refractivity contribution in [3.63, 3.8) is 0 Å². The van der Waals surface area contributed by atoms with E-state index in [0.717, 1.165) is 17.7 Å². The zero-order valence-corrected chi connectivity index (χ0v) is 12.8. The molecule has 2 nitrogen and oxygen atoms in total. The highest BCUT2D eigenvalue weighted by Gasteiger charge is 2.20. The van der Waals surface area contributed by atoms with Crippen LogP contribution in [-0.4, -0.2) is 6.04 Å². The highest BCUT2D eigenvalue weighted by Crippen LogP contribution is 2.27. The van der Waals surface area contributed by atoms with Crippen LogP contribution in [0.2, 0.25) is 0 Å². The second-order valence-corrected chi connectivity index (χ2v) is 5.41. The minimum atomic E-state index is -0.280. The van der Waals surface area contributed by atoms with Gasteiger partial charge < -0.3 is 10.5 Å². The molecule has 0 heterocycles. The van der Waals surface area contributed by atoms with Crippen molar-refractivity contribution in [2.24, 2.45) is 5.73 Å². The average Bonchev–Trinajstić information content (AvgIpc) is 2.48. The molecule has 0 spiro atoms. The number of hydrogen-bond donors (Lipinski definition) is 1. The summed E-state index contributed by atoms with van der Waals surface area (Å²) in [4.78, 5) is 0. The minimum Gasteiger partial charge on any atom is -0.484 e. The van der Waals surface area contributed by atoms with Crippen molar-refractivity contribution in [3.05, 3.63) is 65.0 Å². The SMILES string of the molecule is CCC(N)C(Oc1ccc(C)c(C)c1)c1ccc(F)cc1. The standard InChI is InChI=1S/C18H22FNO/c1-4-17(20)18(14-6-8-15(19)9-7-14)21-16-10-5-12(2)13(3)11-16/h5-11,17-18H,4,20H2,1-3H3. The summed E-state index contributed by atoms with van der Waals surface area (Å²) in [6.45, 7) is 6.13. The fourth-order valence-corrected chi connectivity index (χ4v) is 2.20. The van der Waals surface area contributed by atoms with Crippen LogP contribution in [0, 0.1) is 19.7 Å². The topological polar surface area (TPSA) is 35.2 Å². The Balaban J connectivity index is 2.28. The van der Waals surface area contributed by atoms with Gasteiger partial charge in [-0.3, -0.25) is 0 Å². The summed E-state index contributed by atoms with van der Waals surface area (Å²) in [6.07, 6.45) is 0.505. The lowest BCUT2D eigenvalue weighted by Gasteiger charge is -2.25. The Morgan fingerprint density at radius 1 is 1.05 bits per heavy atom. The molecule has 2 rings (SSSR count). The van der Waals surface area contributed by atoms with Gasteiger partial charge in [-0.05, 0) is 61.2 Å². The number of hydrogen-bond acceptors (Lipinski definition) is 2. The minimum absolute atomic E-state index is 0.142. The summed E-state index contributed by atoms with van der Waals surface area (Å²) in [6, 6.07) is 12.2. The maximum atomic E-state index is 13.1. The highest BCUT2D eigenvalue weighted by molar-refractivity contribution is 5.34. The van der Waals surface area contributed by atoms with Crippen molar-refractivity contribution < 1.29 is 9.13 Å². The Bertz CT molecular complexity index is 595. The first-order chi connectivity index (χ1) is 10.0. The van der Waals surface area contributed by atoms with Crippen molar-refractivity contribution >= 4 is 0 Å². The van der Waals surface area contributed by atoms with Crippen LogP contribution in [0.4, 0.5) is 4.39 Å². The molecule has 0 radical (unpaired) electrons. The number of nitrogens with two attached hydrogens (primary N) is 1. The molecule has 2 atom stereocenters. The van der Waals surface area contributed by atoms with Crippen molar-refractivity contribution in [1.29, 1.82) is 0 Å². The van der Waals surface area contributed by atoms with E-state index in [4.69, 9.17) is 10.5 Å². The Hall–Kier alpha value is -1.87. The molecule has 0 amide bonds. The average molecular weight is 287 g/mol. The summed E-state index contributed by atoms with van der Waals surface area (Å²) < 4.78 is 19.2. The van der Waals surface area contributed by atoms with Crippen LogP contribution in [0.15, 0.2) is 42.5 Å². The van der Waals surface area contributed by atoms with Gasteiger partial charge in [0.05, 0.1) is 0 Å². The molecular weight excluding hydrogens is 265 g/mol. The lowest BCUT2D eigenvalue weighted by Crippen LogP contribution is -2.31. The molecule has 21 heavy (non-hydrogen) atoms. The second kappa shape index (κ2) is 6.72. The van der Waals surface area contributed by atoms with Crippen LogP contribution < -0.4 is 10.5 Å². The van der Waals surface area contributed by atoms with Gasteiger partial charge in [-0.2, -0.15) is 0 Å². The number of benzene rings is 2. The molecule has 0 saturated heterocycles. The maximum Gasteiger partial charge on any atom is 0.139 e. The molecular formula is C18H22FNO. The van der Waals surface area contributed by atoms with Crippen LogP contribution in [0.25, 0.3) is 0 Å². The predicted octanol–water partition coefficient (Wildman–Crippen LogP) is 4.30. The van der Waals surface area contributed by atoms with Gasteiger partial charge in [0.15, 0.2) is 0 Å². The molecule has 0 fully saturated rings. The second-order valence-electron chi connectivity index (χ2n) is 5.41. The lowest BCUT2D eigenvalue weighted by molar-refractivity contribution is 0.171. The van der Waals surface area contributed by atoms with E-state index in [2.05, 4.69) is 13.8 Å². The van der Waals surface area contributed by atoms with Crippen LogP contribution in [0.1, 0.15) is 36.1 Å². The summed E-state index contributed by atoms with van der Waals surface area (Å²) in [5, 5.41) is 0. The Morgan fingerprint density at radius 2 is 1.71 bits per heavy atom. The van der Waals surface area contributed by atoms with Gasteiger partial charge in [0.25, 0.3) is 0 Å². The Labute approximate surface area is 125 Å². The van der Waals surface area contributed by atoms with E-state index in [1.165, 1.54) is 23.3 Å². The van der Waals surface area contributed by atoms with Crippen LogP contribution >= 0.6 is 0 Å². The van der Waals surface area contributed by atoms with Gasteiger partial charge in [-0.25, -0.2) is 4.39 Å². The molecule has 0 aliphatic rings. The van der Waals surface area contributed by atoms with Crippen molar-refractivity contribution in [2.75, 3.05) is 0 Å². The largest absolute Gasteiger partial charge is 0.484 e. The molecule has 0 bridgehead atoms. The number of halogens is 1. The van der Waals surface area contributed by atoms with Crippen LogP contribution in [0.3, 0.4) is 0 Å². The summed E-state index contributed by atoms with van der Waals surface area (Å²) >= 11 is 0. The monoisotopic (exact) mass is 287 g/mol. The van der Waals surface area contributed by atoms with Crippen molar-refractivity contribution in [3.8, 4) is 5.75 Å². The highest BCUT2D eigenvalue weighted by atomic mass is 19.1. The Morgan fingerprint density at radius 3 is 2.29 bits per heavy atom. The first kappa shape index (κ1) is 15.5. The third-order valence-electron chi connectivity index (χ3n) is 3.80. The maximum absolute atomic E-state index is 13.1. The van der Waals surface area contributed by atoms with Crippen molar-refractivity contribution in [2.45, 2.75) is 39.3 Å². The first-order valence-corrected chi connectivity index (χ1v) is 7.26. The van der Waals surface area contributed by atoms with Crippen LogP contribution in [0.5, 0.6) is 5.75 Å². The van der Waals surface area contributed by atoms with E-state index in [9.17, 15) is 4.39 Å². The van der Waals surface area contributed by atoms with Gasteiger partial charge in [-0.15, -0.1) is 0 Å². The summed E-state index contributed by atoms with van der Waals surface area (Å²) in [7, 11) is 0. The van der Waals surface area contributed by atoms with E-state index < -0.39 is 0 Å². The van der Waals surface area contributed by atoms with E-state index in [1.54, 1.807) is 12.1 Å². The third-order valence-corrected chi connectivity index (χ3v) is 3.80. The molecule has 2 N–H and O–H groups in total. The lowest BCUT2D eigenvalue weighted by atomic mass is 10.0. The number of ether oxygens (including phenoxy) is 1. The molecule has 2 aromatic rings. The van der Waals surface area contributed by atoms with Crippen LogP contribution in [-0.2, 0) is 0 Å². The third kappa shape index (κ3) is 3.82. The smallest absolute Gasteiger partial charge is 0.139 e. The van der Waals surface area contributed by atoms with E-state index in [1.807, 2.05) is 25.1 Å². The van der Waals surface area contributed by atoms with Gasteiger partial charge in [0.1, 0.15) is 17.7 Å². The van der Waals surface area contributed by atoms with Gasteiger partial charge >= 0.3 is 0 Å². The van der Waals surface area contributed by atoms with E-state index >= 15 is 0 Å². The van der Waals surface area contributed by atoms with Gasteiger partial charge in [0.2, 0.25) is 0 Å². The van der Waals surface area contributed by atoms with E-state index in [-0.39, 0.29) is 18.0 Å². The molecule has 112 valence electrons. The summed E-state index contributed by atoms with van der Waals surface area (Å²) in [5.74, 6) is 0.532. The fraction of sp³-hybridized carbons (Fsp3) is 0.333. The molecule has 3 heteroatoms. The quantitative estimate of drug-likeness (QED) is 0.890. The predicted molar refractivity (Wildman–Crippen MR) is 84.0 cm³/mol. The molecule has 2 aromatic carbocycles. The van der Waals surface area contributed by atoms with Crippen molar-refractivity contribution in [1.82, 2.24) is 0 Å². The number of rotatable bonds is 5. The normalized spacial score (nSPS) is 13.8. The van der Waals surface area contributed by atoms with Gasteiger partial charge in [0, 0.05) is 6.04 Å². The fourth-order valence-electron chi connectivity index (χ4n) is 2.20. The van der Waals surface area contributed by atoms with Gasteiger partial charge in [-0.1, -0.05) is 25.1 Å². The molecule has 0 saturated carbocycles. The number of aryl methyl sites for hydroxylation is 2. The first-order valence-electron chi connectivity index (χ1n) is 7.26. The molecule has 0 aliphatic carbocycles. The molecule has 0 aliphatic heterocycles. The zero-order chi connectivity index (χ0) is 15.4. The molecule has 2 unspecified atom stereocenters. The van der Waals surface area contributed by atoms with E-state index in [0.29, 0.717) is 0 Å². The Kier molecular flexibility index (Phi) is 4.97. The summed E-state index contributed by atoms with van der Waals surface area (Å²) in [5.41, 5.74) is 9.48. The molecule has 0 aromatic heterocycles.